The first-order valence-corrected chi connectivity index (χ1v) is 8.85. The molecule has 2 aromatic rings. The fraction of sp³-hybridized carbons (Fsp3) is 0.278. The Labute approximate surface area is 168 Å². The number of carbonyl (C=O) groups excluding carboxylic acids is 1. The normalized spacial score (nSPS) is 10.2. The Morgan fingerprint density at radius 2 is 1.93 bits per heavy atom. The van der Waals surface area contributed by atoms with E-state index in [1.54, 1.807) is 31.3 Å². The van der Waals surface area contributed by atoms with Gasteiger partial charge in [0.1, 0.15) is 17.3 Å². The molecule has 28 heavy (non-hydrogen) atoms. The molecule has 0 fully saturated rings. The molecule has 9 nitrogen and oxygen atoms in total. The van der Waals surface area contributed by atoms with Crippen molar-refractivity contribution in [2.75, 3.05) is 12.4 Å². The Kier molecular flexibility index (Phi) is 7.21. The minimum absolute atomic E-state index is 0.0332. The molecule has 0 aliphatic heterocycles. The molecule has 0 bridgehead atoms. The van der Waals surface area contributed by atoms with Crippen molar-refractivity contribution in [2.24, 2.45) is 0 Å². The van der Waals surface area contributed by atoms with Gasteiger partial charge in [-0.2, -0.15) is 0 Å². The molecule has 0 radical (unpaired) electrons. The van der Waals surface area contributed by atoms with E-state index >= 15 is 0 Å². The third-order valence-corrected chi connectivity index (χ3v) is 3.51. The number of thiocarbonyl (C=S) groups is 1. The number of aryl methyl sites for hydroxylation is 1. The number of nitrogens with zero attached hydrogens (tertiary/aromatic N) is 2. The van der Waals surface area contributed by atoms with Crippen LogP contribution in [0, 0.1) is 12.3 Å². The molecular weight excluding hydrogens is 380 g/mol. The number of amides is 1. The number of anilines is 1. The van der Waals surface area contributed by atoms with Crippen LogP contribution in [0.4, 0.5) is 10.6 Å². The molecular formula is C18H22N6O3S. The number of pyridine rings is 2. The van der Waals surface area contributed by atoms with Gasteiger partial charge in [-0.05, 0) is 56.8 Å². The molecule has 2 heterocycles. The van der Waals surface area contributed by atoms with Crippen molar-refractivity contribution in [2.45, 2.75) is 26.9 Å². The van der Waals surface area contributed by atoms with Gasteiger partial charge in [0.25, 0.3) is 0 Å². The lowest BCUT2D eigenvalue weighted by molar-refractivity contribution is 0.202. The first-order valence-electron chi connectivity index (χ1n) is 8.44. The molecule has 2 aromatic heterocycles. The zero-order chi connectivity index (χ0) is 20.7. The quantitative estimate of drug-likeness (QED) is 0.342. The molecule has 0 aliphatic rings. The third-order valence-electron chi connectivity index (χ3n) is 3.30. The standard InChI is InChI=1S/C18H22N6O3S/c1-10(2)26-12-5-6-14(21-8-12)15(19)23-17(28)24-16-11(3)7-13(9-22-16)27-18(25)20-4/h5-10H,1-4H3,(H,20,25)(H3,19,22,23,24,28). The number of carbonyl (C=O) groups is 1. The summed E-state index contributed by atoms with van der Waals surface area (Å²) in [5, 5.41) is 16.3. The topological polar surface area (TPSA) is 121 Å². The van der Waals surface area contributed by atoms with E-state index in [4.69, 9.17) is 27.1 Å². The first kappa shape index (κ1) is 21.0. The Hall–Kier alpha value is -3.27. The number of rotatable bonds is 5. The van der Waals surface area contributed by atoms with Crippen LogP contribution >= 0.6 is 12.2 Å². The fourth-order valence-corrected chi connectivity index (χ4v) is 2.28. The molecule has 0 aromatic carbocycles. The Bertz CT molecular complexity index is 870. The highest BCUT2D eigenvalue weighted by atomic mass is 32.1. The minimum atomic E-state index is -0.579. The number of amidine groups is 1. The zero-order valence-electron chi connectivity index (χ0n) is 16.0. The molecule has 1 amide bonds. The van der Waals surface area contributed by atoms with Crippen LogP contribution in [0.2, 0.25) is 0 Å². The van der Waals surface area contributed by atoms with Crippen molar-refractivity contribution >= 4 is 35.1 Å². The van der Waals surface area contributed by atoms with E-state index in [2.05, 4.69) is 25.9 Å². The Balaban J connectivity index is 1.96. The van der Waals surface area contributed by atoms with E-state index in [0.29, 0.717) is 28.6 Å². The lowest BCUT2D eigenvalue weighted by atomic mass is 10.3. The van der Waals surface area contributed by atoms with Crippen molar-refractivity contribution in [1.29, 1.82) is 5.41 Å². The van der Waals surface area contributed by atoms with Crippen LogP contribution in [-0.2, 0) is 0 Å². The van der Waals surface area contributed by atoms with Gasteiger partial charge in [0.2, 0.25) is 0 Å². The fourth-order valence-electron chi connectivity index (χ4n) is 2.08. The first-order chi connectivity index (χ1) is 13.3. The van der Waals surface area contributed by atoms with Crippen molar-refractivity contribution in [1.82, 2.24) is 20.6 Å². The number of hydrogen-bond donors (Lipinski definition) is 4. The van der Waals surface area contributed by atoms with E-state index < -0.39 is 6.09 Å². The predicted molar refractivity (Wildman–Crippen MR) is 110 cm³/mol. The molecule has 0 saturated carbocycles. The zero-order valence-corrected chi connectivity index (χ0v) is 16.8. The van der Waals surface area contributed by atoms with Crippen molar-refractivity contribution < 1.29 is 14.3 Å². The molecule has 0 aliphatic carbocycles. The maximum absolute atomic E-state index is 11.2. The van der Waals surface area contributed by atoms with Gasteiger partial charge in [-0.25, -0.2) is 14.8 Å². The Morgan fingerprint density at radius 3 is 2.50 bits per heavy atom. The SMILES string of the molecule is CNC(=O)Oc1cnc(NC(=S)NC(=N)c2ccc(OC(C)C)cn2)c(C)c1. The van der Waals surface area contributed by atoms with Crippen molar-refractivity contribution in [3.05, 3.63) is 41.9 Å². The monoisotopic (exact) mass is 402 g/mol. The van der Waals surface area contributed by atoms with Gasteiger partial charge in [-0.1, -0.05) is 0 Å². The van der Waals surface area contributed by atoms with E-state index in [1.807, 2.05) is 13.8 Å². The van der Waals surface area contributed by atoms with Crippen LogP contribution in [0.15, 0.2) is 30.6 Å². The molecule has 10 heteroatoms. The summed E-state index contributed by atoms with van der Waals surface area (Å²) in [5.74, 6) is 1.45. The van der Waals surface area contributed by atoms with E-state index in [1.165, 1.54) is 13.2 Å². The summed E-state index contributed by atoms with van der Waals surface area (Å²) in [6.07, 6.45) is 2.42. The average molecular weight is 402 g/mol. The molecule has 0 atom stereocenters. The van der Waals surface area contributed by atoms with Gasteiger partial charge in [-0.3, -0.25) is 5.41 Å². The summed E-state index contributed by atoms with van der Waals surface area (Å²) in [6, 6.07) is 5.06. The molecule has 4 N–H and O–H groups in total. The van der Waals surface area contributed by atoms with Crippen LogP contribution < -0.4 is 25.4 Å². The lowest BCUT2D eigenvalue weighted by Gasteiger charge is -2.13. The van der Waals surface area contributed by atoms with Crippen LogP contribution in [0.5, 0.6) is 11.5 Å². The van der Waals surface area contributed by atoms with Gasteiger partial charge in [-0.15, -0.1) is 0 Å². The number of aromatic nitrogens is 2. The maximum atomic E-state index is 11.2. The van der Waals surface area contributed by atoms with Gasteiger partial charge in [0, 0.05) is 7.05 Å². The highest BCUT2D eigenvalue weighted by Crippen LogP contribution is 2.18. The number of ether oxygens (including phenoxy) is 2. The molecule has 0 saturated heterocycles. The van der Waals surface area contributed by atoms with E-state index in [0.717, 1.165) is 0 Å². The number of nitrogens with one attached hydrogen (secondary N) is 4. The van der Waals surface area contributed by atoms with Gasteiger partial charge >= 0.3 is 6.09 Å². The summed E-state index contributed by atoms with van der Waals surface area (Å²) < 4.78 is 10.5. The molecule has 0 unspecified atom stereocenters. The lowest BCUT2D eigenvalue weighted by Crippen LogP contribution is -2.35. The summed E-state index contributed by atoms with van der Waals surface area (Å²) in [7, 11) is 1.47. The Morgan fingerprint density at radius 1 is 1.21 bits per heavy atom. The second kappa shape index (κ2) is 9.60. The highest BCUT2D eigenvalue weighted by Gasteiger charge is 2.10. The van der Waals surface area contributed by atoms with Crippen LogP contribution in [0.25, 0.3) is 0 Å². The van der Waals surface area contributed by atoms with Gasteiger partial charge in [0.15, 0.2) is 16.7 Å². The van der Waals surface area contributed by atoms with Crippen LogP contribution in [0.3, 0.4) is 0 Å². The minimum Gasteiger partial charge on any atom is -0.489 e. The smallest absolute Gasteiger partial charge is 0.412 e. The molecule has 148 valence electrons. The van der Waals surface area contributed by atoms with Crippen LogP contribution in [-0.4, -0.2) is 40.2 Å². The average Bonchev–Trinajstić information content (AvgIpc) is 2.63. The van der Waals surface area contributed by atoms with E-state index in [-0.39, 0.29) is 17.1 Å². The van der Waals surface area contributed by atoms with Gasteiger partial charge < -0.3 is 25.4 Å². The number of hydrogen-bond acceptors (Lipinski definition) is 7. The highest BCUT2D eigenvalue weighted by molar-refractivity contribution is 7.80. The van der Waals surface area contributed by atoms with Crippen molar-refractivity contribution in [3.63, 3.8) is 0 Å². The second-order valence-electron chi connectivity index (χ2n) is 5.98. The van der Waals surface area contributed by atoms with Gasteiger partial charge in [0.05, 0.1) is 18.5 Å². The largest absolute Gasteiger partial charge is 0.489 e. The summed E-state index contributed by atoms with van der Waals surface area (Å²) in [5.41, 5.74) is 1.13. The molecule has 2 rings (SSSR count). The van der Waals surface area contributed by atoms with Crippen LogP contribution in [0.1, 0.15) is 25.1 Å². The molecule has 0 spiro atoms. The third kappa shape index (κ3) is 6.16. The van der Waals surface area contributed by atoms with E-state index in [9.17, 15) is 4.79 Å². The van der Waals surface area contributed by atoms with Crippen molar-refractivity contribution in [3.8, 4) is 11.5 Å². The maximum Gasteiger partial charge on any atom is 0.412 e. The predicted octanol–water partition coefficient (Wildman–Crippen LogP) is 2.60. The summed E-state index contributed by atoms with van der Waals surface area (Å²) >= 11 is 5.23. The summed E-state index contributed by atoms with van der Waals surface area (Å²) in [4.78, 5) is 19.6. The second-order valence-corrected chi connectivity index (χ2v) is 6.38. The summed E-state index contributed by atoms with van der Waals surface area (Å²) in [6.45, 7) is 5.64.